The predicted octanol–water partition coefficient (Wildman–Crippen LogP) is 3.47. The zero-order valence-corrected chi connectivity index (χ0v) is 12.4. The second-order valence-corrected chi connectivity index (χ2v) is 5.76. The summed E-state index contributed by atoms with van der Waals surface area (Å²) in [5.41, 5.74) is 1.00. The molecule has 1 unspecified atom stereocenters. The van der Waals surface area contributed by atoms with Crippen LogP contribution < -0.4 is 5.32 Å². The summed E-state index contributed by atoms with van der Waals surface area (Å²) in [6.45, 7) is 8.41. The van der Waals surface area contributed by atoms with Crippen LogP contribution >= 0.6 is 11.6 Å². The molecule has 0 spiro atoms. The van der Waals surface area contributed by atoms with E-state index in [4.69, 9.17) is 11.6 Å². The van der Waals surface area contributed by atoms with E-state index in [1.54, 1.807) is 6.07 Å². The molecule has 4 heteroatoms. The van der Waals surface area contributed by atoms with Crippen molar-refractivity contribution in [3.8, 4) is 0 Å². The minimum absolute atomic E-state index is 0.245. The monoisotopic (exact) mass is 284 g/mol. The maximum Gasteiger partial charge on any atom is 0.125 e. The third kappa shape index (κ3) is 3.68. The SMILES string of the molecule is CCC(C)[C@@H](c1cc(F)cc(Cl)c1)N1CCNCC1. The highest BCUT2D eigenvalue weighted by Crippen LogP contribution is 2.32. The summed E-state index contributed by atoms with van der Waals surface area (Å²) in [5, 5.41) is 3.84. The maximum atomic E-state index is 13.6. The van der Waals surface area contributed by atoms with Crippen LogP contribution in [0.25, 0.3) is 0 Å². The average molecular weight is 285 g/mol. The van der Waals surface area contributed by atoms with E-state index in [0.717, 1.165) is 38.2 Å². The number of rotatable bonds is 4. The van der Waals surface area contributed by atoms with Gasteiger partial charge in [0.25, 0.3) is 0 Å². The third-order valence-electron chi connectivity index (χ3n) is 3.95. The third-order valence-corrected chi connectivity index (χ3v) is 4.17. The summed E-state index contributed by atoms with van der Waals surface area (Å²) < 4.78 is 13.6. The molecule has 19 heavy (non-hydrogen) atoms. The number of hydrogen-bond donors (Lipinski definition) is 1. The van der Waals surface area contributed by atoms with Crippen LogP contribution in [0.15, 0.2) is 18.2 Å². The van der Waals surface area contributed by atoms with Gasteiger partial charge in [-0.05, 0) is 29.7 Å². The highest BCUT2D eigenvalue weighted by Gasteiger charge is 2.26. The molecule has 1 aromatic carbocycles. The van der Waals surface area contributed by atoms with E-state index < -0.39 is 0 Å². The molecule has 1 fully saturated rings. The van der Waals surface area contributed by atoms with Crippen molar-refractivity contribution in [2.24, 2.45) is 5.92 Å². The Morgan fingerprint density at radius 3 is 2.58 bits per heavy atom. The number of nitrogens with zero attached hydrogens (tertiary/aromatic N) is 1. The molecule has 1 heterocycles. The summed E-state index contributed by atoms with van der Waals surface area (Å²) in [6.07, 6.45) is 1.07. The Bertz CT molecular complexity index is 398. The van der Waals surface area contributed by atoms with Gasteiger partial charge in [0, 0.05) is 37.2 Å². The van der Waals surface area contributed by atoms with E-state index in [2.05, 4.69) is 24.1 Å². The van der Waals surface area contributed by atoms with Gasteiger partial charge in [-0.3, -0.25) is 4.90 Å². The van der Waals surface area contributed by atoms with Gasteiger partial charge in [-0.25, -0.2) is 4.39 Å². The van der Waals surface area contributed by atoms with Crippen molar-refractivity contribution in [2.75, 3.05) is 26.2 Å². The van der Waals surface area contributed by atoms with E-state index >= 15 is 0 Å². The van der Waals surface area contributed by atoms with Gasteiger partial charge in [-0.15, -0.1) is 0 Å². The number of hydrogen-bond acceptors (Lipinski definition) is 2. The molecule has 1 aliphatic heterocycles. The lowest BCUT2D eigenvalue weighted by Gasteiger charge is -2.38. The fourth-order valence-electron chi connectivity index (χ4n) is 2.83. The highest BCUT2D eigenvalue weighted by molar-refractivity contribution is 6.30. The van der Waals surface area contributed by atoms with Crippen LogP contribution in [0.5, 0.6) is 0 Å². The van der Waals surface area contributed by atoms with Gasteiger partial charge in [-0.1, -0.05) is 31.9 Å². The van der Waals surface area contributed by atoms with Gasteiger partial charge in [0.2, 0.25) is 0 Å². The first kappa shape index (κ1) is 14.8. The molecule has 0 radical (unpaired) electrons. The molecule has 0 aliphatic carbocycles. The van der Waals surface area contributed by atoms with E-state index in [1.807, 2.05) is 6.07 Å². The standard InChI is InChI=1S/C15H22ClFN2/c1-3-11(2)15(19-6-4-18-5-7-19)12-8-13(16)10-14(17)9-12/h8-11,15,18H,3-7H2,1-2H3/t11?,15-/m0/s1. The Labute approximate surface area is 119 Å². The number of benzene rings is 1. The van der Waals surface area contributed by atoms with E-state index in [9.17, 15) is 4.39 Å². The molecule has 1 aromatic rings. The maximum absolute atomic E-state index is 13.6. The molecule has 2 nitrogen and oxygen atoms in total. The zero-order chi connectivity index (χ0) is 13.8. The lowest BCUT2D eigenvalue weighted by atomic mass is 9.90. The van der Waals surface area contributed by atoms with Gasteiger partial charge in [0.1, 0.15) is 5.82 Å². The Morgan fingerprint density at radius 1 is 1.32 bits per heavy atom. The molecular weight excluding hydrogens is 263 g/mol. The smallest absolute Gasteiger partial charge is 0.125 e. The summed E-state index contributed by atoms with van der Waals surface area (Å²) in [5.74, 6) is 0.238. The van der Waals surface area contributed by atoms with Crippen molar-refractivity contribution in [1.29, 1.82) is 0 Å². The molecule has 0 bridgehead atoms. The first-order chi connectivity index (χ1) is 9.11. The molecule has 2 atom stereocenters. The zero-order valence-electron chi connectivity index (χ0n) is 11.6. The number of halogens is 2. The van der Waals surface area contributed by atoms with Crippen LogP contribution in [-0.4, -0.2) is 31.1 Å². The summed E-state index contributed by atoms with van der Waals surface area (Å²) >= 11 is 6.01. The molecule has 0 amide bonds. The van der Waals surface area contributed by atoms with Crippen molar-refractivity contribution in [3.63, 3.8) is 0 Å². The summed E-state index contributed by atoms with van der Waals surface area (Å²) in [6, 6.07) is 5.16. The van der Waals surface area contributed by atoms with Crippen LogP contribution in [0.2, 0.25) is 5.02 Å². The second-order valence-electron chi connectivity index (χ2n) is 5.32. The van der Waals surface area contributed by atoms with Gasteiger partial charge >= 0.3 is 0 Å². The molecule has 0 aromatic heterocycles. The molecule has 0 saturated carbocycles. The number of piperazine rings is 1. The molecule has 2 rings (SSSR count). The van der Waals surface area contributed by atoms with E-state index in [0.29, 0.717) is 10.9 Å². The molecule has 106 valence electrons. The van der Waals surface area contributed by atoms with Gasteiger partial charge in [0.15, 0.2) is 0 Å². The molecule has 1 N–H and O–H groups in total. The Hall–Kier alpha value is -0.640. The number of nitrogens with one attached hydrogen (secondary N) is 1. The average Bonchev–Trinajstić information content (AvgIpc) is 2.39. The second kappa shape index (κ2) is 6.69. The lowest BCUT2D eigenvalue weighted by molar-refractivity contribution is 0.128. The first-order valence-electron chi connectivity index (χ1n) is 7.02. The Balaban J connectivity index is 2.30. The van der Waals surface area contributed by atoms with Crippen LogP contribution in [0.3, 0.4) is 0 Å². The fraction of sp³-hybridized carbons (Fsp3) is 0.600. The fourth-order valence-corrected chi connectivity index (χ4v) is 3.06. The predicted molar refractivity (Wildman–Crippen MR) is 78.0 cm³/mol. The highest BCUT2D eigenvalue weighted by atomic mass is 35.5. The van der Waals surface area contributed by atoms with Crippen LogP contribution in [0.1, 0.15) is 31.9 Å². The van der Waals surface area contributed by atoms with Gasteiger partial charge in [0.05, 0.1) is 0 Å². The lowest BCUT2D eigenvalue weighted by Crippen LogP contribution is -2.46. The first-order valence-corrected chi connectivity index (χ1v) is 7.40. The van der Waals surface area contributed by atoms with Crippen molar-refractivity contribution < 1.29 is 4.39 Å². The van der Waals surface area contributed by atoms with Crippen molar-refractivity contribution in [3.05, 3.63) is 34.6 Å². The Kier molecular flexibility index (Phi) is 5.20. The molecule has 1 saturated heterocycles. The minimum Gasteiger partial charge on any atom is -0.314 e. The molecular formula is C15H22ClFN2. The Morgan fingerprint density at radius 2 is 2.00 bits per heavy atom. The summed E-state index contributed by atoms with van der Waals surface area (Å²) in [7, 11) is 0. The minimum atomic E-state index is -0.245. The van der Waals surface area contributed by atoms with Crippen LogP contribution in [0, 0.1) is 11.7 Å². The van der Waals surface area contributed by atoms with Crippen LogP contribution in [-0.2, 0) is 0 Å². The van der Waals surface area contributed by atoms with Crippen molar-refractivity contribution in [1.82, 2.24) is 10.2 Å². The van der Waals surface area contributed by atoms with Gasteiger partial charge < -0.3 is 5.32 Å². The van der Waals surface area contributed by atoms with E-state index in [-0.39, 0.29) is 11.9 Å². The summed E-state index contributed by atoms with van der Waals surface area (Å²) in [4.78, 5) is 2.44. The quantitative estimate of drug-likeness (QED) is 0.911. The van der Waals surface area contributed by atoms with Gasteiger partial charge in [-0.2, -0.15) is 0 Å². The topological polar surface area (TPSA) is 15.3 Å². The van der Waals surface area contributed by atoms with Crippen molar-refractivity contribution in [2.45, 2.75) is 26.3 Å². The normalized spacial score (nSPS) is 20.2. The largest absolute Gasteiger partial charge is 0.314 e. The molecule has 1 aliphatic rings. The van der Waals surface area contributed by atoms with Crippen LogP contribution in [0.4, 0.5) is 4.39 Å². The van der Waals surface area contributed by atoms with E-state index in [1.165, 1.54) is 6.07 Å². The van der Waals surface area contributed by atoms with Crippen molar-refractivity contribution >= 4 is 11.6 Å².